The zero-order valence-corrected chi connectivity index (χ0v) is 10.6. The highest BCUT2D eigenvalue weighted by Crippen LogP contribution is 2.21. The van der Waals surface area contributed by atoms with E-state index in [0.717, 1.165) is 5.92 Å². The molecule has 1 heterocycles. The fourth-order valence-electron chi connectivity index (χ4n) is 2.47. The van der Waals surface area contributed by atoms with Gasteiger partial charge in [-0.05, 0) is 49.3 Å². The van der Waals surface area contributed by atoms with E-state index < -0.39 is 0 Å². The third-order valence-electron chi connectivity index (χ3n) is 3.30. The van der Waals surface area contributed by atoms with Crippen LogP contribution in [0.25, 0.3) is 0 Å². The largest absolute Gasteiger partial charge is 0.372 e. The summed E-state index contributed by atoms with van der Waals surface area (Å²) in [4.78, 5) is 2.52. The van der Waals surface area contributed by atoms with Crippen LogP contribution in [0.5, 0.6) is 0 Å². The van der Waals surface area contributed by atoms with E-state index in [1.165, 1.54) is 50.0 Å². The van der Waals surface area contributed by atoms with E-state index in [-0.39, 0.29) is 0 Å². The van der Waals surface area contributed by atoms with E-state index in [1.54, 1.807) is 0 Å². The van der Waals surface area contributed by atoms with E-state index in [1.807, 2.05) is 0 Å². The lowest BCUT2D eigenvalue weighted by Crippen LogP contribution is -2.29. The first-order valence-electron chi connectivity index (χ1n) is 6.59. The first-order chi connectivity index (χ1) is 7.75. The summed E-state index contributed by atoms with van der Waals surface area (Å²) >= 11 is 0. The predicted molar refractivity (Wildman–Crippen MR) is 71.0 cm³/mol. The van der Waals surface area contributed by atoms with E-state index in [9.17, 15) is 0 Å². The Hall–Kier alpha value is -0.980. The quantitative estimate of drug-likeness (QED) is 0.742. The van der Waals surface area contributed by atoms with Crippen LogP contribution in [0, 0.1) is 5.92 Å². The van der Waals surface area contributed by atoms with Gasteiger partial charge in [-0.1, -0.05) is 26.0 Å². The van der Waals surface area contributed by atoms with Crippen LogP contribution in [-0.2, 0) is 6.42 Å². The molecule has 1 aromatic carbocycles. The van der Waals surface area contributed by atoms with Gasteiger partial charge >= 0.3 is 0 Å². The molecule has 2 rings (SSSR count). The maximum Gasteiger partial charge on any atom is 0.0366 e. The van der Waals surface area contributed by atoms with Crippen LogP contribution in [0.15, 0.2) is 24.3 Å². The second-order valence-corrected chi connectivity index (χ2v) is 5.31. The Bertz CT molecular complexity index is 307. The Balaban J connectivity index is 2.00. The van der Waals surface area contributed by atoms with Crippen LogP contribution in [0.2, 0.25) is 0 Å². The lowest BCUT2D eigenvalue weighted by Gasteiger charge is -2.28. The van der Waals surface area contributed by atoms with E-state index in [2.05, 4.69) is 43.0 Å². The minimum atomic E-state index is 0.751. The van der Waals surface area contributed by atoms with Gasteiger partial charge < -0.3 is 4.90 Å². The number of benzene rings is 1. The molecule has 0 N–H and O–H groups in total. The SMILES string of the molecule is CC(C)Cc1ccc(N2CCCCC2)cc1. The van der Waals surface area contributed by atoms with Gasteiger partial charge in [0.05, 0.1) is 0 Å². The summed E-state index contributed by atoms with van der Waals surface area (Å²) in [5, 5.41) is 0. The number of piperidine rings is 1. The first-order valence-corrected chi connectivity index (χ1v) is 6.59. The molecule has 1 aliphatic rings. The van der Waals surface area contributed by atoms with Gasteiger partial charge in [-0.3, -0.25) is 0 Å². The Kier molecular flexibility index (Phi) is 3.87. The highest BCUT2D eigenvalue weighted by molar-refractivity contribution is 5.47. The topological polar surface area (TPSA) is 3.24 Å². The van der Waals surface area contributed by atoms with Crippen molar-refractivity contribution in [2.75, 3.05) is 18.0 Å². The van der Waals surface area contributed by atoms with Gasteiger partial charge in [0.1, 0.15) is 0 Å². The Morgan fingerprint density at radius 3 is 2.19 bits per heavy atom. The average molecular weight is 217 g/mol. The van der Waals surface area contributed by atoms with Gasteiger partial charge in [0, 0.05) is 18.8 Å². The molecule has 1 nitrogen and oxygen atoms in total. The molecule has 0 aromatic heterocycles. The summed E-state index contributed by atoms with van der Waals surface area (Å²) in [5.41, 5.74) is 2.88. The van der Waals surface area contributed by atoms with Crippen LogP contribution in [0.1, 0.15) is 38.7 Å². The fraction of sp³-hybridized carbons (Fsp3) is 0.600. The minimum Gasteiger partial charge on any atom is -0.372 e. The third-order valence-corrected chi connectivity index (χ3v) is 3.30. The van der Waals surface area contributed by atoms with Gasteiger partial charge in [-0.15, -0.1) is 0 Å². The predicted octanol–water partition coefficient (Wildman–Crippen LogP) is 3.88. The van der Waals surface area contributed by atoms with Crippen molar-refractivity contribution >= 4 is 5.69 Å². The lowest BCUT2D eigenvalue weighted by atomic mass is 10.0. The summed E-state index contributed by atoms with van der Waals surface area (Å²) in [6.45, 7) is 7.03. The zero-order valence-electron chi connectivity index (χ0n) is 10.6. The molecule has 0 amide bonds. The van der Waals surface area contributed by atoms with Crippen molar-refractivity contribution in [2.45, 2.75) is 39.5 Å². The molecular formula is C15H23N. The standard InChI is InChI=1S/C15H23N/c1-13(2)12-14-6-8-15(9-7-14)16-10-4-3-5-11-16/h6-9,13H,3-5,10-12H2,1-2H3. The molecule has 0 radical (unpaired) electrons. The van der Waals surface area contributed by atoms with Crippen molar-refractivity contribution in [2.24, 2.45) is 5.92 Å². The zero-order chi connectivity index (χ0) is 11.4. The smallest absolute Gasteiger partial charge is 0.0366 e. The van der Waals surface area contributed by atoms with Crippen molar-refractivity contribution in [3.8, 4) is 0 Å². The fourth-order valence-corrected chi connectivity index (χ4v) is 2.47. The number of anilines is 1. The normalized spacial score (nSPS) is 16.8. The highest BCUT2D eigenvalue weighted by Gasteiger charge is 2.10. The van der Waals surface area contributed by atoms with Crippen molar-refractivity contribution in [1.29, 1.82) is 0 Å². The molecule has 1 saturated heterocycles. The Labute approximate surface area is 99.5 Å². The van der Waals surface area contributed by atoms with E-state index in [4.69, 9.17) is 0 Å². The molecule has 0 atom stereocenters. The van der Waals surface area contributed by atoms with Gasteiger partial charge in [0.2, 0.25) is 0 Å². The van der Waals surface area contributed by atoms with E-state index in [0.29, 0.717) is 0 Å². The Morgan fingerprint density at radius 1 is 1.00 bits per heavy atom. The van der Waals surface area contributed by atoms with Crippen LogP contribution < -0.4 is 4.90 Å². The molecule has 0 aliphatic carbocycles. The maximum atomic E-state index is 2.52. The molecule has 1 aliphatic heterocycles. The summed E-state index contributed by atoms with van der Waals surface area (Å²) < 4.78 is 0. The summed E-state index contributed by atoms with van der Waals surface area (Å²) in [5.74, 6) is 0.751. The van der Waals surface area contributed by atoms with Crippen molar-refractivity contribution in [3.05, 3.63) is 29.8 Å². The minimum absolute atomic E-state index is 0.751. The molecule has 1 fully saturated rings. The molecular weight excluding hydrogens is 194 g/mol. The van der Waals surface area contributed by atoms with Crippen molar-refractivity contribution in [3.63, 3.8) is 0 Å². The molecule has 88 valence electrons. The third kappa shape index (κ3) is 3.01. The summed E-state index contributed by atoms with van der Waals surface area (Å²) in [6, 6.07) is 9.18. The van der Waals surface area contributed by atoms with Gasteiger partial charge in [-0.25, -0.2) is 0 Å². The van der Waals surface area contributed by atoms with Gasteiger partial charge in [0.25, 0.3) is 0 Å². The summed E-state index contributed by atoms with van der Waals surface area (Å²) in [6.07, 6.45) is 5.31. The van der Waals surface area contributed by atoms with E-state index >= 15 is 0 Å². The second kappa shape index (κ2) is 5.38. The molecule has 1 heteroatoms. The monoisotopic (exact) mass is 217 g/mol. The molecule has 1 aromatic rings. The van der Waals surface area contributed by atoms with Crippen LogP contribution in [0.3, 0.4) is 0 Å². The first kappa shape index (κ1) is 11.5. The molecule has 0 spiro atoms. The number of rotatable bonds is 3. The average Bonchev–Trinajstić information content (AvgIpc) is 2.30. The summed E-state index contributed by atoms with van der Waals surface area (Å²) in [7, 11) is 0. The van der Waals surface area contributed by atoms with Gasteiger partial charge in [-0.2, -0.15) is 0 Å². The number of nitrogens with zero attached hydrogens (tertiary/aromatic N) is 1. The molecule has 0 unspecified atom stereocenters. The molecule has 16 heavy (non-hydrogen) atoms. The number of hydrogen-bond acceptors (Lipinski definition) is 1. The molecule has 0 bridgehead atoms. The maximum absolute atomic E-state index is 2.52. The Morgan fingerprint density at radius 2 is 1.62 bits per heavy atom. The number of hydrogen-bond donors (Lipinski definition) is 0. The van der Waals surface area contributed by atoms with Gasteiger partial charge in [0.15, 0.2) is 0 Å². The van der Waals surface area contributed by atoms with Crippen LogP contribution >= 0.6 is 0 Å². The highest BCUT2D eigenvalue weighted by atomic mass is 15.1. The lowest BCUT2D eigenvalue weighted by molar-refractivity contribution is 0.577. The van der Waals surface area contributed by atoms with Crippen LogP contribution in [-0.4, -0.2) is 13.1 Å². The van der Waals surface area contributed by atoms with Crippen molar-refractivity contribution < 1.29 is 0 Å². The van der Waals surface area contributed by atoms with Crippen LogP contribution in [0.4, 0.5) is 5.69 Å². The molecule has 0 saturated carbocycles. The second-order valence-electron chi connectivity index (χ2n) is 5.31. The van der Waals surface area contributed by atoms with Crippen molar-refractivity contribution in [1.82, 2.24) is 0 Å².